The highest BCUT2D eigenvalue weighted by Gasteiger charge is 2.28. The van der Waals surface area contributed by atoms with E-state index in [2.05, 4.69) is 29.5 Å². The molecule has 1 aliphatic heterocycles. The predicted molar refractivity (Wildman–Crippen MR) is 96.9 cm³/mol. The van der Waals surface area contributed by atoms with Gasteiger partial charge in [-0.1, -0.05) is 12.1 Å². The number of hydrogen-bond donors (Lipinski definition) is 1. The molecule has 2 amide bonds. The van der Waals surface area contributed by atoms with E-state index in [0.29, 0.717) is 6.54 Å². The molecule has 0 aliphatic carbocycles. The van der Waals surface area contributed by atoms with Gasteiger partial charge >= 0.3 is 6.03 Å². The van der Waals surface area contributed by atoms with Crippen molar-refractivity contribution in [2.24, 2.45) is 0 Å². The first-order valence-electron chi connectivity index (χ1n) is 8.83. The van der Waals surface area contributed by atoms with E-state index in [1.54, 1.807) is 13.3 Å². The number of hydrogen-bond acceptors (Lipinski definition) is 3. The fourth-order valence-corrected chi connectivity index (χ4v) is 3.30. The van der Waals surface area contributed by atoms with Crippen LogP contribution in [0.5, 0.6) is 0 Å². The second kappa shape index (κ2) is 8.16. The largest absolute Gasteiger partial charge is 0.381 e. The highest BCUT2D eigenvalue weighted by Crippen LogP contribution is 2.19. The maximum Gasteiger partial charge on any atom is 0.317 e. The first-order valence-corrected chi connectivity index (χ1v) is 8.83. The van der Waals surface area contributed by atoms with Crippen molar-refractivity contribution in [2.75, 3.05) is 20.2 Å². The van der Waals surface area contributed by atoms with Crippen molar-refractivity contribution in [3.63, 3.8) is 0 Å². The smallest absolute Gasteiger partial charge is 0.317 e. The third-order valence-corrected chi connectivity index (χ3v) is 4.82. The molecular formula is C19H26N4O2. The maximum atomic E-state index is 12.4. The van der Waals surface area contributed by atoms with Gasteiger partial charge in [0.05, 0.1) is 11.8 Å². The summed E-state index contributed by atoms with van der Waals surface area (Å²) < 4.78 is 7.23. The molecule has 6 heteroatoms. The number of rotatable bonds is 5. The maximum absolute atomic E-state index is 12.4. The van der Waals surface area contributed by atoms with Crippen LogP contribution in [0.2, 0.25) is 0 Å². The number of piperidine rings is 1. The van der Waals surface area contributed by atoms with Gasteiger partial charge in [-0.2, -0.15) is 5.10 Å². The number of carbonyl (C=O) groups excluding carboxylic acids is 1. The molecule has 1 N–H and O–H groups in total. The zero-order chi connectivity index (χ0) is 17.6. The second-order valence-corrected chi connectivity index (χ2v) is 6.52. The summed E-state index contributed by atoms with van der Waals surface area (Å²) in [5, 5.41) is 7.25. The average molecular weight is 342 g/mol. The van der Waals surface area contributed by atoms with E-state index in [-0.39, 0.29) is 18.2 Å². The van der Waals surface area contributed by atoms with Gasteiger partial charge in [0.1, 0.15) is 0 Å². The van der Waals surface area contributed by atoms with Gasteiger partial charge in [-0.15, -0.1) is 0 Å². The molecule has 1 aliphatic rings. The number of carbonyl (C=O) groups is 1. The van der Waals surface area contributed by atoms with Crippen molar-refractivity contribution in [3.05, 3.63) is 48.3 Å². The fraction of sp³-hybridized carbons (Fsp3) is 0.474. The summed E-state index contributed by atoms with van der Waals surface area (Å²) in [7, 11) is 1.74. The number of aromatic nitrogens is 2. The molecule has 2 atom stereocenters. The van der Waals surface area contributed by atoms with Gasteiger partial charge in [0.15, 0.2) is 0 Å². The molecule has 6 nitrogen and oxygen atoms in total. The van der Waals surface area contributed by atoms with E-state index in [1.165, 1.54) is 5.56 Å². The van der Waals surface area contributed by atoms with Crippen molar-refractivity contribution in [1.82, 2.24) is 20.0 Å². The number of urea groups is 1. The highest BCUT2D eigenvalue weighted by molar-refractivity contribution is 5.74. The van der Waals surface area contributed by atoms with Crippen LogP contribution >= 0.6 is 0 Å². The molecule has 0 radical (unpaired) electrons. The van der Waals surface area contributed by atoms with Crippen LogP contribution in [0.4, 0.5) is 4.79 Å². The molecule has 2 aromatic rings. The summed E-state index contributed by atoms with van der Waals surface area (Å²) in [4.78, 5) is 14.3. The molecule has 1 aromatic carbocycles. The van der Waals surface area contributed by atoms with Crippen molar-refractivity contribution >= 4 is 6.03 Å². The third-order valence-electron chi connectivity index (χ3n) is 4.82. The van der Waals surface area contributed by atoms with E-state index in [0.717, 1.165) is 31.5 Å². The average Bonchev–Trinajstić information content (AvgIpc) is 3.16. The van der Waals surface area contributed by atoms with E-state index in [4.69, 9.17) is 4.74 Å². The highest BCUT2D eigenvalue weighted by atomic mass is 16.5. The topological polar surface area (TPSA) is 59.4 Å². The number of nitrogens with zero attached hydrogens (tertiary/aromatic N) is 3. The van der Waals surface area contributed by atoms with Crippen LogP contribution in [-0.2, 0) is 11.2 Å². The van der Waals surface area contributed by atoms with Gasteiger partial charge in [0.2, 0.25) is 0 Å². The molecule has 2 heterocycles. The summed E-state index contributed by atoms with van der Waals surface area (Å²) in [6.07, 6.45) is 6.58. The number of methoxy groups -OCH3 is 1. The molecule has 0 bridgehead atoms. The summed E-state index contributed by atoms with van der Waals surface area (Å²) in [5.74, 6) is 0. The number of benzene rings is 1. The van der Waals surface area contributed by atoms with Gasteiger partial charge in [-0.25, -0.2) is 9.48 Å². The summed E-state index contributed by atoms with van der Waals surface area (Å²) in [5.41, 5.74) is 2.23. The first kappa shape index (κ1) is 17.5. The van der Waals surface area contributed by atoms with Crippen molar-refractivity contribution in [2.45, 2.75) is 38.3 Å². The minimum absolute atomic E-state index is 0.0233. The quantitative estimate of drug-likeness (QED) is 0.909. The number of nitrogens with one attached hydrogen (secondary N) is 1. The van der Waals surface area contributed by atoms with E-state index < -0.39 is 0 Å². The lowest BCUT2D eigenvalue weighted by Crippen LogP contribution is -2.50. The minimum atomic E-state index is 0.0233. The van der Waals surface area contributed by atoms with Crippen LogP contribution in [0.3, 0.4) is 0 Å². The van der Waals surface area contributed by atoms with Crippen LogP contribution in [0, 0.1) is 0 Å². The number of ether oxygens (including phenoxy) is 1. The van der Waals surface area contributed by atoms with Crippen LogP contribution in [0.25, 0.3) is 5.69 Å². The molecular weight excluding hydrogens is 316 g/mol. The van der Waals surface area contributed by atoms with E-state index in [1.807, 2.05) is 34.0 Å². The van der Waals surface area contributed by atoms with Crippen molar-refractivity contribution in [3.8, 4) is 5.69 Å². The summed E-state index contributed by atoms with van der Waals surface area (Å²) >= 11 is 0. The first-order chi connectivity index (χ1) is 12.2. The van der Waals surface area contributed by atoms with Crippen molar-refractivity contribution in [1.29, 1.82) is 0 Å². The van der Waals surface area contributed by atoms with Crippen LogP contribution in [-0.4, -0.2) is 53.1 Å². The SMILES string of the molecule is CO[C@H]1CCN(C(=O)NCCc2ccc(-n3cccn3)cc2)[C@H](C)C1. The Bertz CT molecular complexity index is 669. The standard InChI is InChI=1S/C19H26N4O2/c1-15-14-18(25-2)9-13-22(15)19(24)20-11-8-16-4-6-17(7-5-16)23-12-3-10-21-23/h3-7,10,12,15,18H,8-9,11,13-14H2,1-2H3,(H,20,24)/t15-,18+/m1/s1. The zero-order valence-corrected chi connectivity index (χ0v) is 14.9. The van der Waals surface area contributed by atoms with E-state index >= 15 is 0 Å². The molecule has 1 aromatic heterocycles. The Labute approximate surface area is 148 Å². The number of amides is 2. The molecule has 0 unspecified atom stereocenters. The zero-order valence-electron chi connectivity index (χ0n) is 14.9. The molecule has 1 fully saturated rings. The van der Waals surface area contributed by atoms with Crippen LogP contribution < -0.4 is 5.32 Å². The Morgan fingerprint density at radius 3 is 2.80 bits per heavy atom. The lowest BCUT2D eigenvalue weighted by molar-refractivity contribution is 0.0294. The molecule has 134 valence electrons. The molecule has 25 heavy (non-hydrogen) atoms. The van der Waals surface area contributed by atoms with Gasteiger partial charge in [-0.05, 0) is 49.9 Å². The molecule has 1 saturated heterocycles. The molecule has 0 saturated carbocycles. The van der Waals surface area contributed by atoms with Gasteiger partial charge in [0, 0.05) is 38.6 Å². The number of likely N-dealkylation sites (tertiary alicyclic amines) is 1. The molecule has 0 spiro atoms. The Kier molecular flexibility index (Phi) is 5.71. The predicted octanol–water partition coefficient (Wildman–Crippen LogP) is 2.62. The third kappa shape index (κ3) is 4.39. The Balaban J connectivity index is 1.45. The minimum Gasteiger partial charge on any atom is -0.381 e. The normalized spacial score (nSPS) is 20.5. The van der Waals surface area contributed by atoms with Crippen LogP contribution in [0.1, 0.15) is 25.3 Å². The summed E-state index contributed by atoms with van der Waals surface area (Å²) in [6.45, 7) is 3.47. The molecule has 3 rings (SSSR count). The second-order valence-electron chi connectivity index (χ2n) is 6.52. The Morgan fingerprint density at radius 1 is 1.36 bits per heavy atom. The Morgan fingerprint density at radius 2 is 2.16 bits per heavy atom. The monoisotopic (exact) mass is 342 g/mol. The van der Waals surface area contributed by atoms with Gasteiger partial charge in [0.25, 0.3) is 0 Å². The Hall–Kier alpha value is -2.34. The van der Waals surface area contributed by atoms with E-state index in [9.17, 15) is 4.79 Å². The van der Waals surface area contributed by atoms with Crippen molar-refractivity contribution < 1.29 is 9.53 Å². The van der Waals surface area contributed by atoms with Gasteiger partial charge < -0.3 is 15.0 Å². The lowest BCUT2D eigenvalue weighted by Gasteiger charge is -2.37. The summed E-state index contributed by atoms with van der Waals surface area (Å²) in [6, 6.07) is 10.4. The lowest BCUT2D eigenvalue weighted by atomic mass is 10.0. The fourth-order valence-electron chi connectivity index (χ4n) is 3.30. The van der Waals surface area contributed by atoms with Crippen LogP contribution in [0.15, 0.2) is 42.7 Å². The van der Waals surface area contributed by atoms with Gasteiger partial charge in [-0.3, -0.25) is 0 Å².